The van der Waals surface area contributed by atoms with Crippen molar-refractivity contribution in [2.24, 2.45) is 5.92 Å². The maximum absolute atomic E-state index is 11.1. The third-order valence-corrected chi connectivity index (χ3v) is 3.07. The summed E-state index contributed by atoms with van der Waals surface area (Å²) in [5.41, 5.74) is 0. The highest BCUT2D eigenvalue weighted by molar-refractivity contribution is 7.82. The number of aliphatic carboxylic acids is 2. The Bertz CT molecular complexity index is 342. The van der Waals surface area contributed by atoms with Crippen LogP contribution < -0.4 is 0 Å². The quantitative estimate of drug-likeness (QED) is 0.313. The Kier molecular flexibility index (Phi) is 5.40. The second-order valence-electron chi connectivity index (χ2n) is 3.35. The largest absolute Gasteiger partial charge is 0.481 e. The molecule has 0 aromatic carbocycles. The van der Waals surface area contributed by atoms with Gasteiger partial charge in [0.2, 0.25) is 0 Å². The Morgan fingerprint density at radius 2 is 1.65 bits per heavy atom. The van der Waals surface area contributed by atoms with E-state index in [0.29, 0.717) is 0 Å². The Balaban J connectivity index is 5.69. The normalized spacial score (nSPS) is 19.5. The third kappa shape index (κ3) is 2.87. The van der Waals surface area contributed by atoms with E-state index < -0.39 is 34.8 Å². The van der Waals surface area contributed by atoms with E-state index in [0.717, 1.165) is 12.2 Å². The molecule has 17 heavy (non-hydrogen) atoms. The molecule has 4 N–H and O–H groups in total. The summed E-state index contributed by atoms with van der Waals surface area (Å²) in [6, 6.07) is 0. The fourth-order valence-electron chi connectivity index (χ4n) is 1.35. The smallest absolute Gasteiger partial charge is 0.323 e. The van der Waals surface area contributed by atoms with E-state index >= 15 is 0 Å². The monoisotopic (exact) mass is 262 g/mol. The third-order valence-electron chi connectivity index (χ3n) is 2.34. The van der Waals surface area contributed by atoms with Crippen LogP contribution in [0.15, 0.2) is 25.3 Å². The number of carboxylic acids is 2. The molecule has 0 saturated heterocycles. The molecule has 0 aliphatic carbocycles. The SMILES string of the molecule is C=CC(O)C(C(=O)O)C(S)(C(=O)O)C(O)C=C. The van der Waals surface area contributed by atoms with Crippen molar-refractivity contribution in [2.75, 3.05) is 0 Å². The summed E-state index contributed by atoms with van der Waals surface area (Å²) in [4.78, 5) is 22.1. The molecular formula is C10H14O6S. The number of aliphatic hydroxyl groups excluding tert-OH is 2. The molecule has 0 spiro atoms. The molecule has 96 valence electrons. The summed E-state index contributed by atoms with van der Waals surface area (Å²) in [6.07, 6.45) is -1.72. The molecule has 0 aliphatic heterocycles. The number of hydrogen-bond donors (Lipinski definition) is 5. The molecule has 4 unspecified atom stereocenters. The van der Waals surface area contributed by atoms with Crippen LogP contribution in [0.4, 0.5) is 0 Å². The van der Waals surface area contributed by atoms with E-state index in [1.54, 1.807) is 0 Å². The van der Waals surface area contributed by atoms with Gasteiger partial charge in [0.25, 0.3) is 0 Å². The zero-order chi connectivity index (χ0) is 13.8. The van der Waals surface area contributed by atoms with Gasteiger partial charge in [0.15, 0.2) is 4.75 Å². The second kappa shape index (κ2) is 5.85. The van der Waals surface area contributed by atoms with Gasteiger partial charge in [-0.15, -0.1) is 13.2 Å². The lowest BCUT2D eigenvalue weighted by atomic mass is 9.82. The van der Waals surface area contributed by atoms with Crippen molar-refractivity contribution < 1.29 is 30.0 Å². The van der Waals surface area contributed by atoms with Gasteiger partial charge in [-0.05, 0) is 0 Å². The fraction of sp³-hybridized carbons (Fsp3) is 0.400. The summed E-state index contributed by atoms with van der Waals surface area (Å²) in [6.45, 7) is 6.35. The van der Waals surface area contributed by atoms with Gasteiger partial charge in [-0.1, -0.05) is 12.2 Å². The van der Waals surface area contributed by atoms with Gasteiger partial charge in [-0.25, -0.2) is 0 Å². The summed E-state index contributed by atoms with van der Waals surface area (Å²) in [7, 11) is 0. The predicted molar refractivity (Wildman–Crippen MR) is 62.9 cm³/mol. The molecular weight excluding hydrogens is 248 g/mol. The van der Waals surface area contributed by atoms with E-state index in [4.69, 9.17) is 10.2 Å². The zero-order valence-electron chi connectivity index (χ0n) is 8.85. The van der Waals surface area contributed by atoms with Crippen molar-refractivity contribution in [3.05, 3.63) is 25.3 Å². The molecule has 6 nitrogen and oxygen atoms in total. The van der Waals surface area contributed by atoms with Crippen molar-refractivity contribution in [3.8, 4) is 0 Å². The number of hydrogen-bond acceptors (Lipinski definition) is 5. The number of thiol groups is 1. The minimum absolute atomic E-state index is 0.840. The van der Waals surface area contributed by atoms with Gasteiger partial charge in [0.05, 0.1) is 12.2 Å². The van der Waals surface area contributed by atoms with Gasteiger partial charge >= 0.3 is 11.9 Å². The van der Waals surface area contributed by atoms with E-state index in [1.807, 2.05) is 0 Å². The van der Waals surface area contributed by atoms with Crippen LogP contribution in [-0.2, 0) is 9.59 Å². The first kappa shape index (κ1) is 15.7. The number of aliphatic hydroxyl groups is 2. The lowest BCUT2D eigenvalue weighted by Gasteiger charge is -2.34. The molecule has 0 aliphatic rings. The Morgan fingerprint density at radius 3 is 1.88 bits per heavy atom. The number of carbonyl (C=O) groups is 2. The number of rotatable bonds is 7. The van der Waals surface area contributed by atoms with E-state index in [9.17, 15) is 19.8 Å². The fourth-order valence-corrected chi connectivity index (χ4v) is 1.72. The van der Waals surface area contributed by atoms with Crippen LogP contribution >= 0.6 is 12.6 Å². The van der Waals surface area contributed by atoms with Gasteiger partial charge in [-0.3, -0.25) is 9.59 Å². The van der Waals surface area contributed by atoms with Crippen molar-refractivity contribution in [2.45, 2.75) is 17.0 Å². The predicted octanol–water partition coefficient (Wildman–Crippen LogP) is -0.466. The molecule has 0 radical (unpaired) electrons. The Labute approximate surface area is 103 Å². The molecule has 0 aromatic rings. The average molecular weight is 262 g/mol. The second-order valence-corrected chi connectivity index (χ2v) is 4.09. The molecule has 7 heteroatoms. The first-order valence-corrected chi connectivity index (χ1v) is 4.98. The van der Waals surface area contributed by atoms with Gasteiger partial charge in [-0.2, -0.15) is 12.6 Å². The molecule has 0 bridgehead atoms. The summed E-state index contributed by atoms with van der Waals surface area (Å²) < 4.78 is -2.40. The lowest BCUT2D eigenvalue weighted by molar-refractivity contribution is -0.157. The molecule has 0 amide bonds. The Hall–Kier alpha value is -1.31. The highest BCUT2D eigenvalue weighted by Crippen LogP contribution is 2.33. The minimum atomic E-state index is -2.40. The summed E-state index contributed by atoms with van der Waals surface area (Å²) in [5, 5.41) is 36.9. The maximum Gasteiger partial charge on any atom is 0.323 e. The van der Waals surface area contributed by atoms with Crippen molar-refractivity contribution in [1.82, 2.24) is 0 Å². The van der Waals surface area contributed by atoms with Crippen molar-refractivity contribution in [1.29, 1.82) is 0 Å². The van der Waals surface area contributed by atoms with Gasteiger partial charge in [0.1, 0.15) is 5.92 Å². The van der Waals surface area contributed by atoms with Crippen LogP contribution in [0, 0.1) is 5.92 Å². The Morgan fingerprint density at radius 1 is 1.18 bits per heavy atom. The molecule has 0 saturated carbocycles. The van der Waals surface area contributed by atoms with Gasteiger partial charge in [0, 0.05) is 0 Å². The molecule has 0 aromatic heterocycles. The number of carboxylic acid groups (broad SMARTS) is 2. The van der Waals surface area contributed by atoms with Crippen LogP contribution in [0.3, 0.4) is 0 Å². The average Bonchev–Trinajstić information content (AvgIpc) is 2.26. The zero-order valence-corrected chi connectivity index (χ0v) is 9.75. The first-order valence-electron chi connectivity index (χ1n) is 4.53. The van der Waals surface area contributed by atoms with Crippen LogP contribution in [-0.4, -0.2) is 49.3 Å². The minimum Gasteiger partial charge on any atom is -0.481 e. The highest BCUT2D eigenvalue weighted by Gasteiger charge is 2.54. The highest BCUT2D eigenvalue weighted by atomic mass is 32.1. The lowest BCUT2D eigenvalue weighted by Crippen LogP contribution is -2.56. The molecule has 4 atom stereocenters. The van der Waals surface area contributed by atoms with Crippen LogP contribution in [0.5, 0.6) is 0 Å². The molecule has 0 fully saturated rings. The van der Waals surface area contributed by atoms with E-state index in [2.05, 4.69) is 25.8 Å². The summed E-state index contributed by atoms with van der Waals surface area (Å²) in [5.74, 6) is -5.16. The van der Waals surface area contributed by atoms with Crippen molar-refractivity contribution >= 4 is 24.6 Å². The standard InChI is InChI=1S/C10H14O6S/c1-3-5(11)7(8(13)14)10(17,9(15)16)6(12)4-2/h3-7,11-12,17H,1-2H2,(H,13,14)(H,15,16). The molecule has 0 heterocycles. The van der Waals surface area contributed by atoms with Gasteiger partial charge < -0.3 is 20.4 Å². The van der Waals surface area contributed by atoms with Crippen LogP contribution in [0.25, 0.3) is 0 Å². The summed E-state index contributed by atoms with van der Waals surface area (Å²) >= 11 is 3.71. The van der Waals surface area contributed by atoms with Crippen LogP contribution in [0.1, 0.15) is 0 Å². The topological polar surface area (TPSA) is 115 Å². The van der Waals surface area contributed by atoms with E-state index in [1.165, 1.54) is 0 Å². The first-order chi connectivity index (χ1) is 7.73. The van der Waals surface area contributed by atoms with Crippen molar-refractivity contribution in [3.63, 3.8) is 0 Å². The van der Waals surface area contributed by atoms with E-state index in [-0.39, 0.29) is 0 Å². The molecule has 0 rings (SSSR count). The maximum atomic E-state index is 11.1. The van der Waals surface area contributed by atoms with Crippen LogP contribution in [0.2, 0.25) is 0 Å².